The van der Waals surface area contributed by atoms with Crippen molar-refractivity contribution in [2.24, 2.45) is 0 Å². The molecule has 2 N–H and O–H groups in total. The van der Waals surface area contributed by atoms with E-state index in [0.717, 1.165) is 11.5 Å². The van der Waals surface area contributed by atoms with Gasteiger partial charge in [0.1, 0.15) is 5.69 Å². The summed E-state index contributed by atoms with van der Waals surface area (Å²) >= 11 is 12.1. The van der Waals surface area contributed by atoms with Crippen LogP contribution in [0, 0.1) is 0 Å². The summed E-state index contributed by atoms with van der Waals surface area (Å²) in [4.78, 5) is 12.3. The monoisotopic (exact) mass is 350 g/mol. The molecule has 4 nitrogen and oxygen atoms in total. The molecule has 0 radical (unpaired) electrons. The van der Waals surface area contributed by atoms with Crippen LogP contribution in [-0.2, 0) is 0 Å². The van der Waals surface area contributed by atoms with Crippen molar-refractivity contribution in [3.63, 3.8) is 0 Å². The minimum absolute atomic E-state index is 0.273. The molecule has 0 aliphatic carbocycles. The van der Waals surface area contributed by atoms with Gasteiger partial charge in [-0.3, -0.25) is 9.37 Å². The third-order valence-electron chi connectivity index (χ3n) is 3.33. The second-order valence-electron chi connectivity index (χ2n) is 5.23. The van der Waals surface area contributed by atoms with Gasteiger partial charge in [-0.05, 0) is 36.4 Å². The predicted molar refractivity (Wildman–Crippen MR) is 97.3 cm³/mol. The predicted octanol–water partition coefficient (Wildman–Crippen LogP) is 4.35. The first-order valence-electron chi connectivity index (χ1n) is 7.02. The summed E-state index contributed by atoms with van der Waals surface area (Å²) in [5, 5.41) is 6.70. The highest BCUT2D eigenvalue weighted by atomic mass is 35.5. The number of carbonyl (C=O) groups is 1. The summed E-state index contributed by atoms with van der Waals surface area (Å²) < 4.78 is 1.98. The third kappa shape index (κ3) is 4.47. The summed E-state index contributed by atoms with van der Waals surface area (Å²) in [6, 6.07) is 12.4. The van der Waals surface area contributed by atoms with E-state index in [-0.39, 0.29) is 11.5 Å². The SMILES string of the molecule is CC(Nc1ccc(NC(=O)c2c(Cl)cccc2Cl)cc1)=[N+](C)C. The first-order chi connectivity index (χ1) is 10.9. The molecular formula is C17H18Cl2N3O+. The lowest BCUT2D eigenvalue weighted by Crippen LogP contribution is -2.18. The fourth-order valence-electron chi connectivity index (χ4n) is 1.87. The van der Waals surface area contributed by atoms with Crippen LogP contribution < -0.4 is 10.6 Å². The number of hydrogen-bond donors (Lipinski definition) is 2. The van der Waals surface area contributed by atoms with Crippen molar-refractivity contribution < 1.29 is 9.37 Å². The quantitative estimate of drug-likeness (QED) is 0.491. The van der Waals surface area contributed by atoms with E-state index < -0.39 is 0 Å². The molecule has 0 saturated heterocycles. The maximum absolute atomic E-state index is 12.3. The number of nitrogens with one attached hydrogen (secondary N) is 2. The van der Waals surface area contributed by atoms with Crippen molar-refractivity contribution in [3.8, 4) is 0 Å². The summed E-state index contributed by atoms with van der Waals surface area (Å²) in [5.74, 6) is 0.682. The van der Waals surface area contributed by atoms with Crippen LogP contribution in [0.1, 0.15) is 17.3 Å². The number of rotatable bonds is 3. The zero-order chi connectivity index (χ0) is 17.0. The van der Waals surface area contributed by atoms with Gasteiger partial charge in [-0.2, -0.15) is 0 Å². The fraction of sp³-hybridized carbons (Fsp3) is 0.176. The minimum Gasteiger partial charge on any atom is -0.322 e. The van der Waals surface area contributed by atoms with Crippen LogP contribution >= 0.6 is 23.2 Å². The largest absolute Gasteiger partial charge is 0.322 e. The van der Waals surface area contributed by atoms with Gasteiger partial charge in [0.15, 0.2) is 0 Å². The average Bonchev–Trinajstić information content (AvgIpc) is 2.49. The van der Waals surface area contributed by atoms with E-state index >= 15 is 0 Å². The van der Waals surface area contributed by atoms with Gasteiger partial charge in [-0.1, -0.05) is 29.3 Å². The highest BCUT2D eigenvalue weighted by Crippen LogP contribution is 2.25. The number of anilines is 2. The highest BCUT2D eigenvalue weighted by molar-refractivity contribution is 6.40. The Labute approximate surface area is 145 Å². The normalized spacial score (nSPS) is 10.1. The number of benzene rings is 2. The van der Waals surface area contributed by atoms with Crippen LogP contribution in [0.3, 0.4) is 0 Å². The lowest BCUT2D eigenvalue weighted by Gasteiger charge is -2.09. The zero-order valence-corrected chi connectivity index (χ0v) is 14.7. The van der Waals surface area contributed by atoms with Crippen LogP contribution in [0.15, 0.2) is 42.5 Å². The zero-order valence-electron chi connectivity index (χ0n) is 13.2. The lowest BCUT2D eigenvalue weighted by molar-refractivity contribution is -0.464. The van der Waals surface area contributed by atoms with Crippen LogP contribution in [0.25, 0.3) is 0 Å². The summed E-state index contributed by atoms with van der Waals surface area (Å²) in [5.41, 5.74) is 1.87. The molecule has 6 heteroatoms. The van der Waals surface area contributed by atoms with Gasteiger partial charge in [0.2, 0.25) is 5.84 Å². The van der Waals surface area contributed by atoms with Crippen molar-refractivity contribution in [2.45, 2.75) is 6.92 Å². The Kier molecular flexibility index (Phi) is 5.64. The summed E-state index contributed by atoms with van der Waals surface area (Å²) in [6.07, 6.45) is 0. The molecule has 2 rings (SSSR count). The molecule has 0 fully saturated rings. The first-order valence-corrected chi connectivity index (χ1v) is 7.77. The van der Waals surface area contributed by atoms with Crippen LogP contribution in [0.4, 0.5) is 11.4 Å². The molecule has 0 atom stereocenters. The highest BCUT2D eigenvalue weighted by Gasteiger charge is 2.14. The van der Waals surface area contributed by atoms with E-state index in [1.807, 2.05) is 49.9 Å². The number of nitrogens with zero attached hydrogens (tertiary/aromatic N) is 1. The maximum Gasteiger partial charge on any atom is 0.258 e. The van der Waals surface area contributed by atoms with Gasteiger partial charge < -0.3 is 5.32 Å². The summed E-state index contributed by atoms with van der Waals surface area (Å²) in [6.45, 7) is 1.98. The van der Waals surface area contributed by atoms with Crippen LogP contribution in [0.2, 0.25) is 10.0 Å². The molecule has 2 aromatic carbocycles. The van der Waals surface area contributed by atoms with Crippen molar-refractivity contribution in [1.82, 2.24) is 0 Å². The Bertz CT molecular complexity index is 731. The lowest BCUT2D eigenvalue weighted by atomic mass is 10.2. The Balaban J connectivity index is 2.12. The van der Waals surface area contributed by atoms with E-state index in [0.29, 0.717) is 15.7 Å². The maximum atomic E-state index is 12.3. The second-order valence-corrected chi connectivity index (χ2v) is 6.05. The standard InChI is InChI=1S/C17H17Cl2N3O/c1-11(22(2)3)20-12-7-9-13(10-8-12)21-17(23)16-14(18)5-4-6-15(16)19/h4-10H,1-3H3,(H,21,23)/p+1. The molecular weight excluding hydrogens is 333 g/mol. The molecule has 1 amide bonds. The second kappa shape index (κ2) is 7.49. The van der Waals surface area contributed by atoms with E-state index in [2.05, 4.69) is 10.6 Å². The molecule has 0 saturated carbocycles. The van der Waals surface area contributed by atoms with Gasteiger partial charge in [-0.25, -0.2) is 5.32 Å². The number of amides is 1. The first kappa shape index (κ1) is 17.3. The van der Waals surface area contributed by atoms with Crippen molar-refractivity contribution >= 4 is 46.3 Å². The third-order valence-corrected chi connectivity index (χ3v) is 3.96. The molecule has 0 aliphatic rings. The molecule has 0 aromatic heterocycles. The Morgan fingerprint density at radius 1 is 0.913 bits per heavy atom. The van der Waals surface area contributed by atoms with E-state index in [9.17, 15) is 4.79 Å². The molecule has 0 aliphatic heterocycles. The molecule has 2 aromatic rings. The minimum atomic E-state index is -0.336. The number of hydrogen-bond acceptors (Lipinski definition) is 1. The Morgan fingerprint density at radius 3 is 1.87 bits per heavy atom. The number of carbonyl (C=O) groups excluding carboxylic acids is 1. The van der Waals surface area contributed by atoms with E-state index in [1.54, 1.807) is 18.2 Å². The average molecular weight is 351 g/mol. The molecule has 0 bridgehead atoms. The number of halogens is 2. The van der Waals surface area contributed by atoms with Crippen LogP contribution in [-0.4, -0.2) is 30.4 Å². The topological polar surface area (TPSA) is 44.1 Å². The molecule has 0 spiro atoms. The molecule has 0 unspecified atom stereocenters. The number of amidine groups is 1. The smallest absolute Gasteiger partial charge is 0.258 e. The van der Waals surface area contributed by atoms with Crippen molar-refractivity contribution in [3.05, 3.63) is 58.1 Å². The van der Waals surface area contributed by atoms with Gasteiger partial charge in [0.25, 0.3) is 5.91 Å². The van der Waals surface area contributed by atoms with E-state index in [1.165, 1.54) is 0 Å². The molecule has 23 heavy (non-hydrogen) atoms. The Morgan fingerprint density at radius 2 is 1.39 bits per heavy atom. The van der Waals surface area contributed by atoms with Crippen molar-refractivity contribution in [2.75, 3.05) is 24.7 Å². The van der Waals surface area contributed by atoms with Gasteiger partial charge in [0.05, 0.1) is 29.7 Å². The van der Waals surface area contributed by atoms with Crippen LogP contribution in [0.5, 0.6) is 0 Å². The Hall–Kier alpha value is -2.04. The van der Waals surface area contributed by atoms with E-state index in [4.69, 9.17) is 23.2 Å². The van der Waals surface area contributed by atoms with Gasteiger partial charge >= 0.3 is 0 Å². The summed E-state index contributed by atoms with van der Waals surface area (Å²) in [7, 11) is 3.93. The molecule has 120 valence electrons. The van der Waals surface area contributed by atoms with Crippen molar-refractivity contribution in [1.29, 1.82) is 0 Å². The van der Waals surface area contributed by atoms with Gasteiger partial charge in [-0.15, -0.1) is 0 Å². The van der Waals surface area contributed by atoms with Gasteiger partial charge in [0, 0.05) is 12.6 Å². The fourth-order valence-corrected chi connectivity index (χ4v) is 2.44. The molecule has 0 heterocycles.